The molecule has 0 amide bonds. The van der Waals surface area contributed by atoms with Crippen molar-refractivity contribution in [3.8, 4) is 0 Å². The van der Waals surface area contributed by atoms with E-state index in [-0.39, 0.29) is 0 Å². The van der Waals surface area contributed by atoms with Crippen LogP contribution < -0.4 is 5.32 Å². The lowest BCUT2D eigenvalue weighted by molar-refractivity contribution is 0.0944. The second kappa shape index (κ2) is 9.37. The van der Waals surface area contributed by atoms with Gasteiger partial charge in [0.2, 0.25) is 0 Å². The van der Waals surface area contributed by atoms with Gasteiger partial charge in [0.1, 0.15) is 0 Å². The average Bonchev–Trinajstić information content (AvgIpc) is 2.44. The number of nitrogens with zero attached hydrogens (tertiary/aromatic N) is 2. The molecule has 1 N–H and O–H groups in total. The number of rotatable bonds is 7. The van der Waals surface area contributed by atoms with E-state index in [9.17, 15) is 0 Å². The van der Waals surface area contributed by atoms with Gasteiger partial charge in [-0.1, -0.05) is 37.3 Å². The molecule has 0 aliphatic heterocycles. The molecule has 20 heavy (non-hydrogen) atoms. The van der Waals surface area contributed by atoms with E-state index in [0.717, 1.165) is 25.7 Å². The molecular weight excluding hydrogens is 250 g/mol. The number of benzene rings is 1. The van der Waals surface area contributed by atoms with Crippen molar-refractivity contribution in [2.45, 2.75) is 20.5 Å². The van der Waals surface area contributed by atoms with Crippen molar-refractivity contribution in [3.63, 3.8) is 0 Å². The van der Waals surface area contributed by atoms with Gasteiger partial charge in [-0.05, 0) is 18.4 Å². The molecular formula is C16H27N3O. The van der Waals surface area contributed by atoms with Gasteiger partial charge in [0.15, 0.2) is 5.96 Å². The molecule has 0 fully saturated rings. The van der Waals surface area contributed by atoms with Crippen molar-refractivity contribution in [1.29, 1.82) is 0 Å². The maximum Gasteiger partial charge on any atom is 0.193 e. The fraction of sp³-hybridized carbons (Fsp3) is 0.562. The summed E-state index contributed by atoms with van der Waals surface area (Å²) in [5.74, 6) is 1.34. The fourth-order valence-corrected chi connectivity index (χ4v) is 1.76. The van der Waals surface area contributed by atoms with Crippen LogP contribution >= 0.6 is 0 Å². The molecule has 1 unspecified atom stereocenters. The predicted molar refractivity (Wildman–Crippen MR) is 84.9 cm³/mol. The predicted octanol–water partition coefficient (Wildman–Crippen LogP) is 2.37. The van der Waals surface area contributed by atoms with E-state index in [2.05, 4.69) is 36.3 Å². The zero-order valence-electron chi connectivity index (χ0n) is 13.1. The summed E-state index contributed by atoms with van der Waals surface area (Å²) >= 11 is 0. The second-order valence-electron chi connectivity index (χ2n) is 5.19. The van der Waals surface area contributed by atoms with Crippen molar-refractivity contribution in [1.82, 2.24) is 10.2 Å². The van der Waals surface area contributed by atoms with Crippen LogP contribution in [0.1, 0.15) is 19.4 Å². The van der Waals surface area contributed by atoms with E-state index >= 15 is 0 Å². The smallest absolute Gasteiger partial charge is 0.193 e. The molecule has 0 saturated heterocycles. The van der Waals surface area contributed by atoms with Gasteiger partial charge in [0.05, 0.1) is 13.2 Å². The van der Waals surface area contributed by atoms with Crippen LogP contribution in [0, 0.1) is 5.92 Å². The quantitative estimate of drug-likeness (QED) is 0.614. The van der Waals surface area contributed by atoms with Crippen molar-refractivity contribution in [3.05, 3.63) is 35.9 Å². The van der Waals surface area contributed by atoms with Crippen LogP contribution in [-0.4, -0.2) is 44.7 Å². The minimum absolute atomic E-state index is 0.410. The van der Waals surface area contributed by atoms with Gasteiger partial charge in [0.25, 0.3) is 0 Å². The third-order valence-corrected chi connectivity index (χ3v) is 2.83. The highest BCUT2D eigenvalue weighted by Gasteiger charge is 2.04. The molecule has 1 aromatic carbocycles. The summed E-state index contributed by atoms with van der Waals surface area (Å²) in [4.78, 5) is 6.59. The molecule has 0 aliphatic carbocycles. The van der Waals surface area contributed by atoms with Crippen LogP contribution in [-0.2, 0) is 11.3 Å². The van der Waals surface area contributed by atoms with Crippen LogP contribution in [0.4, 0.5) is 0 Å². The molecule has 0 aromatic heterocycles. The first-order chi connectivity index (χ1) is 9.63. The van der Waals surface area contributed by atoms with Crippen LogP contribution in [0.2, 0.25) is 0 Å². The summed E-state index contributed by atoms with van der Waals surface area (Å²) in [6.45, 7) is 7.29. The normalized spacial score (nSPS) is 13.1. The van der Waals surface area contributed by atoms with Gasteiger partial charge in [-0.15, -0.1) is 0 Å². The largest absolute Gasteiger partial charge is 0.376 e. The molecule has 4 heteroatoms. The summed E-state index contributed by atoms with van der Waals surface area (Å²) in [6.07, 6.45) is 0. The SMILES string of the molecule is CCNC(=NCC(C)COCc1ccccc1)N(C)C. The molecule has 1 rings (SSSR count). The summed E-state index contributed by atoms with van der Waals surface area (Å²) in [6, 6.07) is 10.2. The number of hydrogen-bond acceptors (Lipinski definition) is 2. The van der Waals surface area contributed by atoms with Crippen molar-refractivity contribution < 1.29 is 4.74 Å². The molecule has 112 valence electrons. The Morgan fingerprint density at radius 3 is 2.60 bits per heavy atom. The first kappa shape index (κ1) is 16.5. The van der Waals surface area contributed by atoms with Crippen LogP contribution in [0.15, 0.2) is 35.3 Å². The Hall–Kier alpha value is -1.55. The molecule has 0 spiro atoms. The number of nitrogens with one attached hydrogen (secondary N) is 1. The van der Waals surface area contributed by atoms with Gasteiger partial charge in [-0.25, -0.2) is 0 Å². The highest BCUT2D eigenvalue weighted by Crippen LogP contribution is 2.03. The molecule has 0 heterocycles. The molecule has 1 atom stereocenters. The molecule has 1 aromatic rings. The lowest BCUT2D eigenvalue weighted by atomic mass is 10.2. The number of hydrogen-bond donors (Lipinski definition) is 1. The Morgan fingerprint density at radius 2 is 2.00 bits per heavy atom. The third-order valence-electron chi connectivity index (χ3n) is 2.83. The number of aliphatic imine (C=N–C) groups is 1. The maximum absolute atomic E-state index is 5.73. The second-order valence-corrected chi connectivity index (χ2v) is 5.19. The van der Waals surface area contributed by atoms with Crippen molar-refractivity contribution in [2.24, 2.45) is 10.9 Å². The highest BCUT2D eigenvalue weighted by atomic mass is 16.5. The van der Waals surface area contributed by atoms with E-state index in [0.29, 0.717) is 12.5 Å². The number of ether oxygens (including phenoxy) is 1. The molecule has 0 saturated carbocycles. The Bertz CT molecular complexity index is 390. The molecule has 0 aliphatic rings. The molecule has 4 nitrogen and oxygen atoms in total. The Labute approximate surface area is 122 Å². The van der Waals surface area contributed by atoms with Gasteiger partial charge in [-0.2, -0.15) is 0 Å². The minimum Gasteiger partial charge on any atom is -0.376 e. The Balaban J connectivity index is 2.29. The topological polar surface area (TPSA) is 36.9 Å². The first-order valence-corrected chi connectivity index (χ1v) is 7.20. The van der Waals surface area contributed by atoms with E-state index in [1.54, 1.807) is 0 Å². The van der Waals surface area contributed by atoms with Crippen molar-refractivity contribution in [2.75, 3.05) is 33.8 Å². The van der Waals surface area contributed by atoms with Crippen LogP contribution in [0.5, 0.6) is 0 Å². The van der Waals surface area contributed by atoms with Crippen LogP contribution in [0.3, 0.4) is 0 Å². The van der Waals surface area contributed by atoms with Gasteiger partial charge in [0, 0.05) is 27.2 Å². The number of guanidine groups is 1. The Morgan fingerprint density at radius 1 is 1.30 bits per heavy atom. The Kier molecular flexibility index (Phi) is 7.73. The first-order valence-electron chi connectivity index (χ1n) is 7.20. The third kappa shape index (κ3) is 6.57. The lowest BCUT2D eigenvalue weighted by Crippen LogP contribution is -2.36. The van der Waals surface area contributed by atoms with E-state index < -0.39 is 0 Å². The fourth-order valence-electron chi connectivity index (χ4n) is 1.76. The van der Waals surface area contributed by atoms with Gasteiger partial charge in [-0.3, -0.25) is 4.99 Å². The summed E-state index contributed by atoms with van der Waals surface area (Å²) in [7, 11) is 4.00. The monoisotopic (exact) mass is 277 g/mol. The molecule has 0 radical (unpaired) electrons. The standard InChI is InChI=1S/C16H27N3O/c1-5-17-16(19(3)4)18-11-14(2)12-20-13-15-9-7-6-8-10-15/h6-10,14H,5,11-13H2,1-4H3,(H,17,18). The maximum atomic E-state index is 5.73. The molecule has 0 bridgehead atoms. The average molecular weight is 277 g/mol. The highest BCUT2D eigenvalue weighted by molar-refractivity contribution is 5.79. The van der Waals surface area contributed by atoms with E-state index in [1.807, 2.05) is 37.2 Å². The van der Waals surface area contributed by atoms with Crippen molar-refractivity contribution >= 4 is 5.96 Å². The summed E-state index contributed by atoms with van der Waals surface area (Å²) in [5.41, 5.74) is 1.21. The zero-order valence-corrected chi connectivity index (χ0v) is 13.1. The van der Waals surface area contributed by atoms with Gasteiger partial charge >= 0.3 is 0 Å². The summed E-state index contributed by atoms with van der Waals surface area (Å²) < 4.78 is 5.73. The van der Waals surface area contributed by atoms with E-state index in [4.69, 9.17) is 4.74 Å². The van der Waals surface area contributed by atoms with E-state index in [1.165, 1.54) is 5.56 Å². The van der Waals surface area contributed by atoms with Gasteiger partial charge < -0.3 is 15.0 Å². The zero-order chi connectivity index (χ0) is 14.8. The minimum atomic E-state index is 0.410. The summed E-state index contributed by atoms with van der Waals surface area (Å²) in [5, 5.41) is 3.25. The van der Waals surface area contributed by atoms with Crippen LogP contribution in [0.25, 0.3) is 0 Å². The lowest BCUT2D eigenvalue weighted by Gasteiger charge is -2.17.